The second-order valence-electron chi connectivity index (χ2n) is 8.47. The minimum atomic E-state index is -0.656. The van der Waals surface area contributed by atoms with Gasteiger partial charge in [-0.2, -0.15) is 5.10 Å². The third-order valence-corrected chi connectivity index (χ3v) is 4.44. The van der Waals surface area contributed by atoms with Crippen LogP contribution in [0.5, 0.6) is 0 Å². The van der Waals surface area contributed by atoms with E-state index in [4.69, 9.17) is 4.74 Å². The number of aliphatic hydroxyl groups excluding tert-OH is 1. The molecule has 0 aliphatic heterocycles. The average molecular weight is 402 g/mol. The van der Waals surface area contributed by atoms with Crippen molar-refractivity contribution in [3.8, 4) is 0 Å². The lowest BCUT2D eigenvalue weighted by Gasteiger charge is -2.24. The monoisotopic (exact) mass is 401 g/mol. The molecule has 0 bridgehead atoms. The Morgan fingerprint density at radius 1 is 1.17 bits per heavy atom. The van der Waals surface area contributed by atoms with Crippen LogP contribution in [0.15, 0.2) is 28.9 Å². The van der Waals surface area contributed by atoms with Crippen LogP contribution in [0.4, 0.5) is 10.5 Å². The van der Waals surface area contributed by atoms with Crippen LogP contribution in [0, 0.1) is 6.92 Å². The Hall–Kier alpha value is -2.83. The molecule has 7 nitrogen and oxygen atoms in total. The van der Waals surface area contributed by atoms with E-state index in [1.807, 2.05) is 38.1 Å². The van der Waals surface area contributed by atoms with Gasteiger partial charge in [0.1, 0.15) is 11.4 Å². The topological polar surface area (TPSA) is 82.4 Å². The Morgan fingerprint density at radius 3 is 2.41 bits per heavy atom. The summed E-state index contributed by atoms with van der Waals surface area (Å²) in [5.74, 6) is -0.301. The third kappa shape index (κ3) is 5.59. The molecule has 1 saturated carbocycles. The van der Waals surface area contributed by atoms with Gasteiger partial charge in [-0.1, -0.05) is 6.07 Å². The largest absolute Gasteiger partial charge is 0.506 e. The zero-order chi connectivity index (χ0) is 21.9. The minimum Gasteiger partial charge on any atom is -0.506 e. The Balaban J connectivity index is 2.52. The molecule has 7 heteroatoms. The summed E-state index contributed by atoms with van der Waals surface area (Å²) in [6, 6.07) is 5.63. The maximum absolute atomic E-state index is 12.7. The molecule has 1 aromatic rings. The van der Waals surface area contributed by atoms with Gasteiger partial charge in [0.05, 0.1) is 11.3 Å². The molecule has 0 unspecified atom stereocenters. The molecular formula is C22H31N3O4. The number of hydrogen-bond acceptors (Lipinski definition) is 6. The van der Waals surface area contributed by atoms with E-state index < -0.39 is 11.7 Å². The van der Waals surface area contributed by atoms with Gasteiger partial charge in [0, 0.05) is 38.8 Å². The summed E-state index contributed by atoms with van der Waals surface area (Å²) in [5, 5.41) is 16.5. The van der Waals surface area contributed by atoms with Gasteiger partial charge in [-0.05, 0) is 58.2 Å². The highest BCUT2D eigenvalue weighted by atomic mass is 16.6. The predicted molar refractivity (Wildman–Crippen MR) is 115 cm³/mol. The van der Waals surface area contributed by atoms with Crippen molar-refractivity contribution < 1.29 is 19.4 Å². The first-order valence-corrected chi connectivity index (χ1v) is 9.70. The highest BCUT2D eigenvalue weighted by Crippen LogP contribution is 2.31. The van der Waals surface area contributed by atoms with Gasteiger partial charge in [0.15, 0.2) is 5.78 Å². The molecular weight excluding hydrogens is 370 g/mol. The van der Waals surface area contributed by atoms with E-state index in [9.17, 15) is 14.7 Å². The highest BCUT2D eigenvalue weighted by molar-refractivity contribution is 6.28. The summed E-state index contributed by atoms with van der Waals surface area (Å²) in [4.78, 5) is 26.9. The third-order valence-electron chi connectivity index (χ3n) is 4.44. The highest BCUT2D eigenvalue weighted by Gasteiger charge is 2.29. The number of ether oxygens (including phenoxy) is 1. The summed E-state index contributed by atoms with van der Waals surface area (Å²) < 4.78 is 5.32. The van der Waals surface area contributed by atoms with Crippen molar-refractivity contribution in [3.05, 3.63) is 34.9 Å². The second-order valence-corrected chi connectivity index (χ2v) is 8.47. The number of nitrogens with zero attached hydrogens (tertiary/aromatic N) is 3. The van der Waals surface area contributed by atoms with Crippen LogP contribution in [0.2, 0.25) is 0 Å². The lowest BCUT2D eigenvalue weighted by molar-refractivity contribution is -0.115. The Kier molecular flexibility index (Phi) is 6.72. The van der Waals surface area contributed by atoms with Crippen molar-refractivity contribution >= 4 is 29.0 Å². The van der Waals surface area contributed by atoms with E-state index in [1.54, 1.807) is 26.8 Å². The zero-order valence-corrected chi connectivity index (χ0v) is 18.4. The van der Waals surface area contributed by atoms with Gasteiger partial charge in [-0.3, -0.25) is 4.79 Å². The number of amides is 1. The molecule has 0 saturated heterocycles. The number of anilines is 1. The fourth-order valence-electron chi connectivity index (χ4n) is 3.09. The minimum absolute atomic E-state index is 0.116. The lowest BCUT2D eigenvalue weighted by Crippen LogP contribution is -2.33. The molecule has 1 aliphatic carbocycles. The van der Waals surface area contributed by atoms with Crippen molar-refractivity contribution in [2.24, 2.45) is 5.10 Å². The number of aliphatic hydroxyl groups is 1. The molecule has 0 spiro atoms. The number of hydrazone groups is 1. The zero-order valence-electron chi connectivity index (χ0n) is 18.4. The number of aryl methyl sites for hydroxylation is 1. The van der Waals surface area contributed by atoms with E-state index in [1.165, 1.54) is 7.05 Å². The predicted octanol–water partition coefficient (Wildman–Crippen LogP) is 4.31. The number of ketones is 1. The van der Waals surface area contributed by atoms with E-state index in [-0.39, 0.29) is 17.1 Å². The molecule has 1 amide bonds. The molecule has 1 aliphatic rings. The number of hydrogen-bond donors (Lipinski definition) is 1. The summed E-state index contributed by atoms with van der Waals surface area (Å²) in [6.07, 6.45) is 0.815. The summed E-state index contributed by atoms with van der Waals surface area (Å²) in [7, 11) is 5.24. The van der Waals surface area contributed by atoms with Gasteiger partial charge in [0.2, 0.25) is 0 Å². The summed E-state index contributed by atoms with van der Waals surface area (Å²) >= 11 is 0. The summed E-state index contributed by atoms with van der Waals surface area (Å²) in [6.45, 7) is 7.28. The maximum atomic E-state index is 12.7. The number of carbonyl (C=O) groups is 2. The van der Waals surface area contributed by atoms with Crippen molar-refractivity contribution in [2.45, 2.75) is 52.6 Å². The van der Waals surface area contributed by atoms with Crippen LogP contribution in [-0.4, -0.2) is 54.4 Å². The number of benzene rings is 1. The average Bonchev–Trinajstić information content (AvgIpc) is 2.59. The van der Waals surface area contributed by atoms with Crippen LogP contribution >= 0.6 is 0 Å². The number of Topliss-reactive ketones (excluding diaryl/α,β-unsaturated/α-hetero) is 1. The Labute approximate surface area is 172 Å². The molecule has 0 atom stereocenters. The van der Waals surface area contributed by atoms with Crippen molar-refractivity contribution in [2.75, 3.05) is 26.0 Å². The number of rotatable bonds is 3. The second kappa shape index (κ2) is 8.68. The molecule has 29 heavy (non-hydrogen) atoms. The van der Waals surface area contributed by atoms with Crippen LogP contribution in [-0.2, 0) is 9.53 Å². The standard InChI is InChI=1S/C22H31N3O4/c1-14-11-12-15(17(13-14)24(5)6)20(27)19-16(9-8-10-18(19)26)23-25(7)21(28)29-22(2,3)4/h11-13,27H,8-10H2,1-7H3/b20-19+,23-16+. The van der Waals surface area contributed by atoms with Gasteiger partial charge < -0.3 is 14.7 Å². The van der Waals surface area contributed by atoms with Crippen molar-refractivity contribution in [1.29, 1.82) is 0 Å². The molecule has 0 aromatic heterocycles. The normalized spacial score (nSPS) is 17.9. The molecule has 2 rings (SSSR count). The van der Waals surface area contributed by atoms with E-state index in [0.717, 1.165) is 16.3 Å². The van der Waals surface area contributed by atoms with Crippen molar-refractivity contribution in [1.82, 2.24) is 5.01 Å². The molecule has 1 fully saturated rings. The van der Waals surface area contributed by atoms with E-state index >= 15 is 0 Å². The van der Waals surface area contributed by atoms with Crippen LogP contribution in [0.25, 0.3) is 5.76 Å². The van der Waals surface area contributed by atoms with Gasteiger partial charge >= 0.3 is 6.09 Å². The van der Waals surface area contributed by atoms with Crippen LogP contribution in [0.3, 0.4) is 0 Å². The van der Waals surface area contributed by atoms with Gasteiger partial charge in [-0.25, -0.2) is 9.80 Å². The number of allylic oxidation sites excluding steroid dienone is 1. The first kappa shape index (κ1) is 22.5. The van der Waals surface area contributed by atoms with Crippen LogP contribution in [0.1, 0.15) is 51.2 Å². The molecule has 158 valence electrons. The lowest BCUT2D eigenvalue weighted by atomic mass is 9.88. The molecule has 0 radical (unpaired) electrons. The quantitative estimate of drug-likeness (QED) is 0.464. The van der Waals surface area contributed by atoms with E-state index in [0.29, 0.717) is 30.5 Å². The first-order chi connectivity index (χ1) is 13.4. The fourth-order valence-corrected chi connectivity index (χ4v) is 3.09. The first-order valence-electron chi connectivity index (χ1n) is 9.70. The Morgan fingerprint density at radius 2 is 1.83 bits per heavy atom. The maximum Gasteiger partial charge on any atom is 0.430 e. The number of carbonyl (C=O) groups excluding carboxylic acids is 2. The van der Waals surface area contributed by atoms with Gasteiger partial charge in [0.25, 0.3) is 0 Å². The molecule has 1 aromatic carbocycles. The smallest absolute Gasteiger partial charge is 0.430 e. The van der Waals surface area contributed by atoms with Crippen LogP contribution < -0.4 is 4.90 Å². The Bertz CT molecular complexity index is 863. The van der Waals surface area contributed by atoms with Gasteiger partial charge in [-0.15, -0.1) is 0 Å². The van der Waals surface area contributed by atoms with Crippen molar-refractivity contribution in [3.63, 3.8) is 0 Å². The summed E-state index contributed by atoms with van der Waals surface area (Å²) in [5.41, 5.74) is 2.29. The fraction of sp³-hybridized carbons (Fsp3) is 0.500. The molecule has 0 heterocycles. The molecule has 1 N–H and O–H groups in total. The van der Waals surface area contributed by atoms with E-state index in [2.05, 4.69) is 5.10 Å². The SMILES string of the molecule is Cc1ccc(/C(O)=C2\C(=O)CCC\C2=N/N(C)C(=O)OC(C)(C)C)c(N(C)C)c1.